The molecule has 1 unspecified atom stereocenters. The fourth-order valence-corrected chi connectivity index (χ4v) is 2.78. The summed E-state index contributed by atoms with van der Waals surface area (Å²) < 4.78 is 5.24. The van der Waals surface area contributed by atoms with Crippen LogP contribution in [-0.2, 0) is 0 Å². The zero-order valence-corrected chi connectivity index (χ0v) is 12.9. The first-order valence-electron chi connectivity index (χ1n) is 7.68. The lowest BCUT2D eigenvalue weighted by Gasteiger charge is -2.38. The van der Waals surface area contributed by atoms with Gasteiger partial charge in [0.25, 0.3) is 0 Å². The van der Waals surface area contributed by atoms with E-state index in [0.717, 1.165) is 19.6 Å². The second kappa shape index (κ2) is 7.48. The molecule has 1 N–H and O–H groups in total. The number of nitrogens with one attached hydrogen (secondary N) is 1. The van der Waals surface area contributed by atoms with Crippen LogP contribution in [0.3, 0.4) is 0 Å². The Kier molecular flexibility index (Phi) is 5.65. The maximum absolute atomic E-state index is 5.24. The van der Waals surface area contributed by atoms with E-state index in [0.29, 0.717) is 17.8 Å². The van der Waals surface area contributed by atoms with Crippen molar-refractivity contribution in [2.24, 2.45) is 5.92 Å². The lowest BCUT2D eigenvalue weighted by molar-refractivity contribution is 0.395. The van der Waals surface area contributed by atoms with Crippen LogP contribution < -0.4 is 15.0 Å². The second-order valence-electron chi connectivity index (χ2n) is 5.95. The molecule has 1 atom stereocenters. The number of hydrogen-bond acceptors (Lipinski definition) is 4. The van der Waals surface area contributed by atoms with Crippen LogP contribution in [0.5, 0.6) is 5.88 Å². The van der Waals surface area contributed by atoms with Gasteiger partial charge in [-0.15, -0.1) is 0 Å². The van der Waals surface area contributed by atoms with Crippen LogP contribution in [0.25, 0.3) is 0 Å². The molecule has 1 saturated heterocycles. The molecule has 0 spiro atoms. The van der Waals surface area contributed by atoms with Crippen LogP contribution in [0.4, 0.5) is 5.69 Å². The highest BCUT2D eigenvalue weighted by atomic mass is 16.5. The van der Waals surface area contributed by atoms with Gasteiger partial charge in [-0.1, -0.05) is 13.8 Å². The molecule has 2 rings (SSSR count). The van der Waals surface area contributed by atoms with Gasteiger partial charge in [0.1, 0.15) is 0 Å². The first kappa shape index (κ1) is 15.1. The van der Waals surface area contributed by atoms with Gasteiger partial charge in [-0.05, 0) is 37.8 Å². The monoisotopic (exact) mass is 277 g/mol. The molecule has 0 amide bonds. The first-order chi connectivity index (χ1) is 9.70. The van der Waals surface area contributed by atoms with Crippen molar-refractivity contribution in [3.05, 3.63) is 18.3 Å². The molecule has 4 nitrogen and oxygen atoms in total. The molecule has 0 bridgehead atoms. The third-order valence-electron chi connectivity index (χ3n) is 3.82. The van der Waals surface area contributed by atoms with Crippen LogP contribution in [0.1, 0.15) is 33.1 Å². The lowest BCUT2D eigenvalue weighted by Crippen LogP contribution is -2.46. The number of piperidine rings is 1. The van der Waals surface area contributed by atoms with Crippen molar-refractivity contribution in [3.8, 4) is 5.88 Å². The molecule has 112 valence electrons. The van der Waals surface area contributed by atoms with Gasteiger partial charge >= 0.3 is 0 Å². The predicted molar refractivity (Wildman–Crippen MR) is 83.5 cm³/mol. The molecule has 1 fully saturated rings. The molecule has 0 aliphatic carbocycles. The van der Waals surface area contributed by atoms with Gasteiger partial charge in [0, 0.05) is 37.1 Å². The SMILES string of the molecule is COc1cc(N2CCCCC2CNCC(C)C)ccn1. The predicted octanol–water partition coefficient (Wildman–Crippen LogP) is 2.69. The number of hydrogen-bond donors (Lipinski definition) is 1. The summed E-state index contributed by atoms with van der Waals surface area (Å²) in [5, 5.41) is 3.59. The van der Waals surface area contributed by atoms with E-state index in [9.17, 15) is 0 Å². The quantitative estimate of drug-likeness (QED) is 0.867. The molecular formula is C16H27N3O. The summed E-state index contributed by atoms with van der Waals surface area (Å²) in [5.41, 5.74) is 1.23. The average Bonchev–Trinajstić information content (AvgIpc) is 2.47. The smallest absolute Gasteiger partial charge is 0.214 e. The standard InChI is InChI=1S/C16H27N3O/c1-13(2)11-17-12-15-6-4-5-9-19(15)14-7-8-18-16(10-14)20-3/h7-8,10,13,15,17H,4-6,9,11-12H2,1-3H3. The van der Waals surface area contributed by atoms with Crippen LogP contribution in [0, 0.1) is 5.92 Å². The average molecular weight is 277 g/mol. The molecular weight excluding hydrogens is 250 g/mol. The number of anilines is 1. The van der Waals surface area contributed by atoms with E-state index >= 15 is 0 Å². The van der Waals surface area contributed by atoms with Gasteiger partial charge in [-0.3, -0.25) is 0 Å². The van der Waals surface area contributed by atoms with Crippen molar-refractivity contribution in [3.63, 3.8) is 0 Å². The van der Waals surface area contributed by atoms with E-state index in [2.05, 4.69) is 35.1 Å². The lowest BCUT2D eigenvalue weighted by atomic mass is 10.0. The molecule has 0 aromatic carbocycles. The molecule has 2 heterocycles. The molecule has 4 heteroatoms. The van der Waals surface area contributed by atoms with Crippen molar-refractivity contribution in [2.75, 3.05) is 31.6 Å². The Morgan fingerprint density at radius 2 is 2.30 bits per heavy atom. The molecule has 1 aromatic rings. The Balaban J connectivity index is 2.01. The van der Waals surface area contributed by atoms with Crippen molar-refractivity contribution < 1.29 is 4.74 Å². The molecule has 0 saturated carbocycles. The number of nitrogens with zero attached hydrogens (tertiary/aromatic N) is 2. The topological polar surface area (TPSA) is 37.4 Å². The fraction of sp³-hybridized carbons (Fsp3) is 0.688. The van der Waals surface area contributed by atoms with E-state index in [1.807, 2.05) is 12.3 Å². The summed E-state index contributed by atoms with van der Waals surface area (Å²) in [6.45, 7) is 7.77. The Morgan fingerprint density at radius 1 is 1.45 bits per heavy atom. The number of methoxy groups -OCH3 is 1. The molecule has 0 radical (unpaired) electrons. The van der Waals surface area contributed by atoms with E-state index < -0.39 is 0 Å². The van der Waals surface area contributed by atoms with E-state index in [4.69, 9.17) is 4.74 Å². The third-order valence-corrected chi connectivity index (χ3v) is 3.82. The number of pyridine rings is 1. The summed E-state index contributed by atoms with van der Waals surface area (Å²) in [4.78, 5) is 6.70. The number of rotatable bonds is 6. The van der Waals surface area contributed by atoms with E-state index in [1.165, 1.54) is 24.9 Å². The summed E-state index contributed by atoms with van der Waals surface area (Å²) in [6.07, 6.45) is 5.69. The van der Waals surface area contributed by atoms with Gasteiger partial charge in [-0.2, -0.15) is 0 Å². The zero-order valence-electron chi connectivity index (χ0n) is 12.9. The highest BCUT2D eigenvalue weighted by Gasteiger charge is 2.22. The highest BCUT2D eigenvalue weighted by Crippen LogP contribution is 2.26. The molecule has 1 aliphatic heterocycles. The molecule has 1 aliphatic rings. The Bertz CT molecular complexity index is 408. The summed E-state index contributed by atoms with van der Waals surface area (Å²) in [5.74, 6) is 1.40. The van der Waals surface area contributed by atoms with Gasteiger partial charge < -0.3 is 15.0 Å². The van der Waals surface area contributed by atoms with Crippen LogP contribution in [0.15, 0.2) is 18.3 Å². The van der Waals surface area contributed by atoms with Crippen molar-refractivity contribution in [2.45, 2.75) is 39.2 Å². The maximum atomic E-state index is 5.24. The maximum Gasteiger partial charge on any atom is 0.214 e. The van der Waals surface area contributed by atoms with Gasteiger partial charge in [0.05, 0.1) is 7.11 Å². The van der Waals surface area contributed by atoms with Crippen LogP contribution >= 0.6 is 0 Å². The van der Waals surface area contributed by atoms with Gasteiger partial charge in [-0.25, -0.2) is 4.98 Å². The van der Waals surface area contributed by atoms with Crippen LogP contribution in [0.2, 0.25) is 0 Å². The Hall–Kier alpha value is -1.29. The van der Waals surface area contributed by atoms with E-state index in [1.54, 1.807) is 7.11 Å². The molecule has 1 aromatic heterocycles. The van der Waals surface area contributed by atoms with Gasteiger partial charge in [0.2, 0.25) is 5.88 Å². The number of aromatic nitrogens is 1. The second-order valence-corrected chi connectivity index (χ2v) is 5.95. The minimum absolute atomic E-state index is 0.578. The minimum atomic E-state index is 0.578. The van der Waals surface area contributed by atoms with Crippen LogP contribution in [-0.4, -0.2) is 37.8 Å². The summed E-state index contributed by atoms with van der Waals surface area (Å²) >= 11 is 0. The Labute approximate surface area is 122 Å². The zero-order chi connectivity index (χ0) is 14.4. The highest BCUT2D eigenvalue weighted by molar-refractivity contribution is 5.49. The normalized spacial score (nSPS) is 19.4. The molecule has 20 heavy (non-hydrogen) atoms. The largest absolute Gasteiger partial charge is 0.481 e. The minimum Gasteiger partial charge on any atom is -0.481 e. The Morgan fingerprint density at radius 3 is 3.05 bits per heavy atom. The van der Waals surface area contributed by atoms with Crippen molar-refractivity contribution >= 4 is 5.69 Å². The summed E-state index contributed by atoms with van der Waals surface area (Å²) in [7, 11) is 1.67. The number of ether oxygens (including phenoxy) is 1. The van der Waals surface area contributed by atoms with Gasteiger partial charge in [0.15, 0.2) is 0 Å². The fourth-order valence-electron chi connectivity index (χ4n) is 2.78. The third kappa shape index (κ3) is 4.10. The van der Waals surface area contributed by atoms with Crippen molar-refractivity contribution in [1.29, 1.82) is 0 Å². The van der Waals surface area contributed by atoms with Crippen molar-refractivity contribution in [1.82, 2.24) is 10.3 Å². The first-order valence-corrected chi connectivity index (χ1v) is 7.68. The summed E-state index contributed by atoms with van der Waals surface area (Å²) in [6, 6.07) is 4.71. The van der Waals surface area contributed by atoms with E-state index in [-0.39, 0.29) is 0 Å².